The molecule has 0 saturated heterocycles. The molecule has 0 amide bonds. The largest absolute Gasteiger partial charge is 0.493 e. The van der Waals surface area contributed by atoms with Crippen molar-refractivity contribution < 1.29 is 18.9 Å². The number of aryl methyl sites for hydroxylation is 1. The summed E-state index contributed by atoms with van der Waals surface area (Å²) in [4.78, 5) is 0. The molecule has 174 valence electrons. The molecule has 0 aliphatic carbocycles. The molecular weight excluding hydrogens is 404 g/mol. The van der Waals surface area contributed by atoms with Gasteiger partial charge in [-0.3, -0.25) is 0 Å². The minimum absolute atomic E-state index is 0.533. The van der Waals surface area contributed by atoms with E-state index < -0.39 is 5.41 Å². The molecule has 0 fully saturated rings. The van der Waals surface area contributed by atoms with Gasteiger partial charge in [0.2, 0.25) is 0 Å². The van der Waals surface area contributed by atoms with Crippen LogP contribution in [0.4, 0.5) is 0 Å². The summed E-state index contributed by atoms with van der Waals surface area (Å²) < 4.78 is 21.6. The van der Waals surface area contributed by atoms with Crippen molar-refractivity contribution in [3.8, 4) is 29.1 Å². The van der Waals surface area contributed by atoms with E-state index in [1.807, 2.05) is 30.3 Å². The van der Waals surface area contributed by atoms with Gasteiger partial charge in [-0.15, -0.1) is 0 Å². The lowest BCUT2D eigenvalue weighted by Gasteiger charge is -2.26. The fourth-order valence-electron chi connectivity index (χ4n) is 4.05. The lowest BCUT2D eigenvalue weighted by molar-refractivity contribution is 0.351. The first-order chi connectivity index (χ1) is 15.6. The Kier molecular flexibility index (Phi) is 10.2. The van der Waals surface area contributed by atoms with Crippen molar-refractivity contribution >= 4 is 0 Å². The second-order valence-electron chi connectivity index (χ2n) is 7.73. The predicted molar refractivity (Wildman–Crippen MR) is 127 cm³/mol. The molecule has 2 rings (SSSR count). The van der Waals surface area contributed by atoms with Gasteiger partial charge in [-0.1, -0.05) is 25.1 Å². The second kappa shape index (κ2) is 12.8. The van der Waals surface area contributed by atoms with Gasteiger partial charge in [-0.05, 0) is 74.5 Å². The van der Waals surface area contributed by atoms with Crippen molar-refractivity contribution in [3.63, 3.8) is 0 Å². The van der Waals surface area contributed by atoms with Gasteiger partial charge in [0.25, 0.3) is 0 Å². The summed E-state index contributed by atoms with van der Waals surface area (Å²) in [6.07, 6.45) is 4.35. The number of para-hydroxylation sites is 1. The van der Waals surface area contributed by atoms with E-state index in [0.717, 1.165) is 67.8 Å². The average molecular weight is 441 g/mol. The lowest BCUT2D eigenvalue weighted by Crippen LogP contribution is -2.26. The van der Waals surface area contributed by atoms with Crippen molar-refractivity contribution in [1.82, 2.24) is 5.32 Å². The van der Waals surface area contributed by atoms with E-state index in [-0.39, 0.29) is 0 Å². The Morgan fingerprint density at radius 2 is 1.59 bits per heavy atom. The van der Waals surface area contributed by atoms with Crippen LogP contribution < -0.4 is 24.3 Å². The first-order valence-corrected chi connectivity index (χ1v) is 11.1. The molecular formula is C26H36N2O4. The highest BCUT2D eigenvalue weighted by molar-refractivity contribution is 5.47. The van der Waals surface area contributed by atoms with Crippen LogP contribution in [0.2, 0.25) is 0 Å². The topological polar surface area (TPSA) is 72.7 Å². The fraction of sp³-hybridized carbons (Fsp3) is 0.500. The summed E-state index contributed by atoms with van der Waals surface area (Å²) in [7, 11) is 6.56. The molecule has 1 unspecified atom stereocenters. The molecule has 0 heterocycles. The fourth-order valence-corrected chi connectivity index (χ4v) is 4.05. The first-order valence-electron chi connectivity index (χ1n) is 11.1. The molecule has 2 aromatic carbocycles. The molecule has 0 radical (unpaired) electrons. The predicted octanol–water partition coefficient (Wildman–Crippen LogP) is 4.89. The van der Waals surface area contributed by atoms with Crippen molar-refractivity contribution in [3.05, 3.63) is 47.5 Å². The minimum Gasteiger partial charge on any atom is -0.493 e. The summed E-state index contributed by atoms with van der Waals surface area (Å²) >= 11 is 0. The maximum Gasteiger partial charge on any atom is 0.163 e. The smallest absolute Gasteiger partial charge is 0.163 e. The third kappa shape index (κ3) is 6.08. The third-order valence-corrected chi connectivity index (χ3v) is 5.99. The van der Waals surface area contributed by atoms with Gasteiger partial charge in [-0.2, -0.15) is 5.26 Å². The molecule has 0 aromatic heterocycles. The zero-order valence-electron chi connectivity index (χ0n) is 20.0. The summed E-state index contributed by atoms with van der Waals surface area (Å²) in [5.74, 6) is 2.91. The van der Waals surface area contributed by atoms with Crippen LogP contribution in [-0.2, 0) is 11.8 Å². The number of nitrogens with one attached hydrogen (secondary N) is 1. The Morgan fingerprint density at radius 1 is 0.875 bits per heavy atom. The summed E-state index contributed by atoms with van der Waals surface area (Å²) in [5, 5.41) is 13.5. The number of hydrogen-bond donors (Lipinski definition) is 1. The van der Waals surface area contributed by atoms with Gasteiger partial charge in [0.05, 0.1) is 39.9 Å². The molecule has 0 aliphatic rings. The van der Waals surface area contributed by atoms with Crippen molar-refractivity contribution in [2.24, 2.45) is 0 Å². The number of nitriles is 1. The Bertz CT molecular complexity index is 894. The molecule has 1 N–H and O–H groups in total. The van der Waals surface area contributed by atoms with Crippen LogP contribution in [0.15, 0.2) is 36.4 Å². The van der Waals surface area contributed by atoms with Crippen LogP contribution in [0, 0.1) is 11.3 Å². The number of hydrogen-bond acceptors (Lipinski definition) is 6. The van der Waals surface area contributed by atoms with Crippen LogP contribution >= 0.6 is 0 Å². The first kappa shape index (κ1) is 25.4. The summed E-state index contributed by atoms with van der Waals surface area (Å²) in [6.45, 7) is 3.84. The minimum atomic E-state index is -0.533. The Balaban J connectivity index is 1.86. The van der Waals surface area contributed by atoms with Crippen LogP contribution in [0.3, 0.4) is 0 Å². The summed E-state index contributed by atoms with van der Waals surface area (Å²) in [6, 6.07) is 14.3. The lowest BCUT2D eigenvalue weighted by atomic mass is 9.75. The number of benzene rings is 2. The molecule has 32 heavy (non-hydrogen) atoms. The molecule has 2 aromatic rings. The Labute approximate surface area is 192 Å². The maximum absolute atomic E-state index is 10.0. The van der Waals surface area contributed by atoms with Crippen LogP contribution in [0.25, 0.3) is 0 Å². The third-order valence-electron chi connectivity index (χ3n) is 5.99. The van der Waals surface area contributed by atoms with Gasteiger partial charge < -0.3 is 24.3 Å². The average Bonchev–Trinajstić information content (AvgIpc) is 2.85. The SMILES string of the molecule is CCC(C#N)(CCCNCCCc1cccc(OC)c1OC)c1ccc(OC)c(OC)c1. The van der Waals surface area contributed by atoms with Gasteiger partial charge in [-0.25, -0.2) is 0 Å². The quantitative estimate of drug-likeness (QED) is 0.422. The van der Waals surface area contributed by atoms with E-state index in [9.17, 15) is 5.26 Å². The van der Waals surface area contributed by atoms with E-state index in [1.165, 1.54) is 0 Å². The molecule has 0 aliphatic heterocycles. The molecule has 0 bridgehead atoms. The van der Waals surface area contributed by atoms with Crippen LogP contribution in [-0.4, -0.2) is 41.5 Å². The number of rotatable bonds is 14. The van der Waals surface area contributed by atoms with Gasteiger partial charge in [0, 0.05) is 0 Å². The van der Waals surface area contributed by atoms with E-state index in [2.05, 4.69) is 24.4 Å². The van der Waals surface area contributed by atoms with Crippen LogP contribution in [0.5, 0.6) is 23.0 Å². The molecule has 0 spiro atoms. The maximum atomic E-state index is 10.0. The highest BCUT2D eigenvalue weighted by atomic mass is 16.5. The van der Waals surface area contributed by atoms with Crippen LogP contribution in [0.1, 0.15) is 43.7 Å². The number of methoxy groups -OCH3 is 4. The summed E-state index contributed by atoms with van der Waals surface area (Å²) in [5.41, 5.74) is 1.59. The van der Waals surface area contributed by atoms with Gasteiger partial charge >= 0.3 is 0 Å². The zero-order chi connectivity index (χ0) is 23.4. The Morgan fingerprint density at radius 3 is 2.22 bits per heavy atom. The molecule has 0 saturated carbocycles. The Hall–Kier alpha value is -2.91. The van der Waals surface area contributed by atoms with E-state index in [4.69, 9.17) is 18.9 Å². The highest BCUT2D eigenvalue weighted by Crippen LogP contribution is 2.37. The monoisotopic (exact) mass is 440 g/mol. The molecule has 6 nitrogen and oxygen atoms in total. The van der Waals surface area contributed by atoms with Gasteiger partial charge in [0.15, 0.2) is 23.0 Å². The zero-order valence-corrected chi connectivity index (χ0v) is 20.0. The number of nitrogens with zero attached hydrogens (tertiary/aromatic N) is 1. The standard InChI is InChI=1S/C26H36N2O4/c1-6-26(19-27,21-13-14-22(29-2)24(18-21)31-4)15-9-17-28-16-8-11-20-10-7-12-23(30-3)25(20)32-5/h7,10,12-14,18,28H,6,8-9,11,15-17H2,1-5H3. The number of ether oxygens (including phenoxy) is 4. The van der Waals surface area contributed by atoms with Crippen molar-refractivity contribution in [2.75, 3.05) is 41.5 Å². The highest BCUT2D eigenvalue weighted by Gasteiger charge is 2.30. The van der Waals surface area contributed by atoms with Crippen molar-refractivity contribution in [1.29, 1.82) is 5.26 Å². The van der Waals surface area contributed by atoms with E-state index in [1.54, 1.807) is 28.4 Å². The van der Waals surface area contributed by atoms with Gasteiger partial charge in [0.1, 0.15) is 0 Å². The van der Waals surface area contributed by atoms with E-state index in [0.29, 0.717) is 11.5 Å². The van der Waals surface area contributed by atoms with E-state index >= 15 is 0 Å². The second-order valence-corrected chi connectivity index (χ2v) is 7.73. The molecule has 6 heteroatoms. The van der Waals surface area contributed by atoms with Crippen molar-refractivity contribution in [2.45, 2.75) is 44.4 Å². The molecule has 1 atom stereocenters. The normalized spacial score (nSPS) is 12.5.